The molecule has 0 aromatic heterocycles. The smallest absolute Gasteiger partial charge is 0.462 e. The Bertz CT molecular complexity index is 1470. The Morgan fingerprint density at radius 1 is 0.565 bits per heavy atom. The maximum Gasteiger partial charge on any atom is 0.472 e. The number of allylic oxidation sites excluding steroid dienone is 14. The second kappa shape index (κ2) is 36.1. The van der Waals surface area contributed by atoms with Gasteiger partial charge in [0.05, 0.1) is 6.61 Å². The van der Waals surface area contributed by atoms with Gasteiger partial charge in [-0.2, -0.15) is 0 Å². The van der Waals surface area contributed by atoms with Gasteiger partial charge >= 0.3 is 19.8 Å². The van der Waals surface area contributed by atoms with Crippen molar-refractivity contribution in [1.82, 2.24) is 0 Å². The van der Waals surface area contributed by atoms with E-state index in [-0.39, 0.29) is 18.6 Å². The van der Waals surface area contributed by atoms with Crippen LogP contribution in [0, 0.1) is 0 Å². The molecular formula is C47H75O14P. The molecule has 1 rings (SSSR count). The molecule has 0 heterocycles. The largest absolute Gasteiger partial charge is 0.472 e. The van der Waals surface area contributed by atoms with Crippen LogP contribution in [0.3, 0.4) is 0 Å². The van der Waals surface area contributed by atoms with Crippen LogP contribution in [0.2, 0.25) is 0 Å². The Kier molecular flexibility index (Phi) is 33.0. The minimum Gasteiger partial charge on any atom is -0.462 e. The van der Waals surface area contributed by atoms with Gasteiger partial charge in [-0.05, 0) is 76.7 Å². The molecule has 1 aliphatic rings. The monoisotopic (exact) mass is 894 g/mol. The zero-order valence-corrected chi connectivity index (χ0v) is 37.8. The zero-order valence-electron chi connectivity index (χ0n) is 36.9. The number of ketones is 1. The van der Waals surface area contributed by atoms with Gasteiger partial charge in [-0.15, -0.1) is 0 Å². The molecule has 352 valence electrons. The summed E-state index contributed by atoms with van der Waals surface area (Å²) in [5.41, 5.74) is 0. The van der Waals surface area contributed by atoms with Gasteiger partial charge in [-0.25, -0.2) is 4.57 Å². The number of carbonyl (C=O) groups excluding carboxylic acids is 3. The number of phosphoric ester groups is 1. The first-order valence-corrected chi connectivity index (χ1v) is 23.8. The van der Waals surface area contributed by atoms with Crippen LogP contribution in [0.15, 0.2) is 85.1 Å². The predicted octanol–water partition coefficient (Wildman–Crippen LogP) is 7.68. The molecule has 8 atom stereocenters. The first-order chi connectivity index (χ1) is 29.8. The lowest BCUT2D eigenvalue weighted by molar-refractivity contribution is -0.220. The highest BCUT2D eigenvalue weighted by molar-refractivity contribution is 7.47. The standard InChI is InChI=1S/C47H75O14P/c1-3-5-7-8-9-10-11-12-13-14-17-21-24-27-31-35-41(50)60-39(37-59-62(56,57)61-47-45(54)43(52)42(51)44(53)46(47)55)36-58-40(49)34-30-26-23-20-18-15-16-19-22-25-29-33-38(48)32-28-6-4-2/h5,7,9-10,12-13,15-16,20,22-23,25,29,33,39,42-47,51-55H,3-4,6,8,11,14,17-19,21,24,26-28,30-32,34-37H2,1-2H3,(H,56,57)/b7-5-,10-9-,13-12-,16-15-,23-20-,25-22-,33-29+/t39-,42?,43-,44+,45-,46-,47?/m1/s1. The summed E-state index contributed by atoms with van der Waals surface area (Å²) in [6.07, 6.45) is 29.1. The molecule has 3 unspecified atom stereocenters. The van der Waals surface area contributed by atoms with Crippen molar-refractivity contribution in [3.63, 3.8) is 0 Å². The molecule has 62 heavy (non-hydrogen) atoms. The molecule has 15 heteroatoms. The number of hydrogen-bond donors (Lipinski definition) is 6. The summed E-state index contributed by atoms with van der Waals surface area (Å²) in [7, 11) is -5.15. The molecule has 0 saturated heterocycles. The number of phosphoric acid groups is 1. The van der Waals surface area contributed by atoms with Gasteiger partial charge in [0.2, 0.25) is 0 Å². The van der Waals surface area contributed by atoms with E-state index in [9.17, 15) is 49.4 Å². The fraction of sp³-hybridized carbons (Fsp3) is 0.638. The molecule has 1 aliphatic carbocycles. The molecule has 0 aromatic carbocycles. The van der Waals surface area contributed by atoms with Crippen LogP contribution in [-0.4, -0.2) is 104 Å². The van der Waals surface area contributed by atoms with Crippen LogP contribution in [0.4, 0.5) is 0 Å². The minimum absolute atomic E-state index is 0.0486. The Morgan fingerprint density at radius 2 is 1.08 bits per heavy atom. The van der Waals surface area contributed by atoms with Gasteiger partial charge in [-0.3, -0.25) is 23.4 Å². The van der Waals surface area contributed by atoms with Crippen molar-refractivity contribution in [2.24, 2.45) is 0 Å². The molecular weight excluding hydrogens is 819 g/mol. The van der Waals surface area contributed by atoms with E-state index in [0.717, 1.165) is 77.0 Å². The second-order valence-electron chi connectivity index (χ2n) is 15.2. The fourth-order valence-corrected chi connectivity index (χ4v) is 7.04. The molecule has 6 N–H and O–H groups in total. The van der Waals surface area contributed by atoms with E-state index in [1.54, 1.807) is 12.2 Å². The third-order valence-electron chi connectivity index (χ3n) is 9.70. The van der Waals surface area contributed by atoms with Crippen molar-refractivity contribution in [2.45, 2.75) is 179 Å². The highest BCUT2D eigenvalue weighted by Gasteiger charge is 2.51. The zero-order chi connectivity index (χ0) is 45.9. The van der Waals surface area contributed by atoms with Gasteiger partial charge in [0, 0.05) is 19.3 Å². The number of ether oxygens (including phenoxy) is 2. The normalized spacial score (nSPS) is 22.6. The summed E-state index contributed by atoms with van der Waals surface area (Å²) in [4.78, 5) is 47.4. The van der Waals surface area contributed by atoms with E-state index < -0.39 is 75.7 Å². The first-order valence-electron chi connectivity index (χ1n) is 22.3. The van der Waals surface area contributed by atoms with Gasteiger partial charge in [0.15, 0.2) is 11.9 Å². The maximum absolute atomic E-state index is 12.8. The highest BCUT2D eigenvalue weighted by Crippen LogP contribution is 2.47. The third-order valence-corrected chi connectivity index (χ3v) is 10.7. The highest BCUT2D eigenvalue weighted by atomic mass is 31.2. The molecule has 0 radical (unpaired) electrons. The van der Waals surface area contributed by atoms with Crippen LogP contribution in [-0.2, 0) is 37.5 Å². The number of rotatable bonds is 35. The molecule has 0 spiro atoms. The van der Waals surface area contributed by atoms with E-state index in [1.165, 1.54) is 0 Å². The number of esters is 2. The summed E-state index contributed by atoms with van der Waals surface area (Å²) in [6, 6.07) is 0. The Hall–Kier alpha value is -3.30. The number of hydrogen-bond acceptors (Lipinski definition) is 13. The topological polar surface area (TPSA) is 227 Å². The lowest BCUT2D eigenvalue weighted by atomic mass is 9.85. The minimum atomic E-state index is -5.15. The average molecular weight is 895 g/mol. The lowest BCUT2D eigenvalue weighted by Crippen LogP contribution is -2.64. The Morgan fingerprint density at radius 3 is 1.71 bits per heavy atom. The Labute approximate surface area is 369 Å². The van der Waals surface area contributed by atoms with E-state index >= 15 is 0 Å². The molecule has 14 nitrogen and oxygen atoms in total. The van der Waals surface area contributed by atoms with Gasteiger partial charge in [0.1, 0.15) is 43.2 Å². The number of aliphatic hydroxyl groups excluding tert-OH is 5. The first kappa shape index (κ1) is 56.7. The van der Waals surface area contributed by atoms with Gasteiger partial charge in [0.25, 0.3) is 0 Å². The van der Waals surface area contributed by atoms with Crippen molar-refractivity contribution in [3.8, 4) is 0 Å². The van der Waals surface area contributed by atoms with Crippen LogP contribution in [0.5, 0.6) is 0 Å². The van der Waals surface area contributed by atoms with Crippen LogP contribution >= 0.6 is 7.82 Å². The van der Waals surface area contributed by atoms with Crippen molar-refractivity contribution in [1.29, 1.82) is 0 Å². The van der Waals surface area contributed by atoms with E-state index in [4.69, 9.17) is 18.5 Å². The molecule has 0 bridgehead atoms. The number of aliphatic hydroxyl groups is 5. The fourth-order valence-electron chi connectivity index (χ4n) is 6.07. The van der Waals surface area contributed by atoms with Crippen molar-refractivity contribution >= 4 is 25.5 Å². The van der Waals surface area contributed by atoms with Crippen LogP contribution < -0.4 is 0 Å². The SMILES string of the molecule is CC/C=C\C/C=C\C/C=C\CCCCCCCC(=O)O[C@H](COC(=O)CCC/C=C\C/C=C\C/C=C\C=C\C(=O)CCCCC)COP(=O)(O)OC1[C@H](O)[C@H](O)C(O)[C@H](O)[C@H]1O. The molecule has 1 saturated carbocycles. The lowest BCUT2D eigenvalue weighted by Gasteiger charge is -2.41. The summed E-state index contributed by atoms with van der Waals surface area (Å²) in [5.74, 6) is -1.09. The van der Waals surface area contributed by atoms with E-state index in [1.807, 2.05) is 36.5 Å². The number of unbranched alkanes of at least 4 members (excludes halogenated alkanes) is 8. The molecule has 0 aliphatic heterocycles. The summed E-state index contributed by atoms with van der Waals surface area (Å²) in [5, 5.41) is 50.1. The van der Waals surface area contributed by atoms with Crippen molar-refractivity contribution in [2.75, 3.05) is 13.2 Å². The second-order valence-corrected chi connectivity index (χ2v) is 16.6. The maximum atomic E-state index is 12.8. The molecule has 0 aromatic rings. The number of carbonyl (C=O) groups is 3. The van der Waals surface area contributed by atoms with Crippen LogP contribution in [0.1, 0.15) is 136 Å². The predicted molar refractivity (Wildman–Crippen MR) is 240 cm³/mol. The third kappa shape index (κ3) is 28.4. The quantitative estimate of drug-likeness (QED) is 0.00897. The van der Waals surface area contributed by atoms with E-state index in [0.29, 0.717) is 32.1 Å². The van der Waals surface area contributed by atoms with Crippen molar-refractivity contribution in [3.05, 3.63) is 85.1 Å². The summed E-state index contributed by atoms with van der Waals surface area (Å²) in [6.45, 7) is 2.94. The van der Waals surface area contributed by atoms with E-state index in [2.05, 4.69) is 50.3 Å². The summed E-state index contributed by atoms with van der Waals surface area (Å²) >= 11 is 0. The summed E-state index contributed by atoms with van der Waals surface area (Å²) < 4.78 is 33.4. The Balaban J connectivity index is 2.55. The molecule has 0 amide bonds. The van der Waals surface area contributed by atoms with Gasteiger partial charge in [-0.1, -0.05) is 125 Å². The van der Waals surface area contributed by atoms with Crippen molar-refractivity contribution < 1.29 is 67.9 Å². The average Bonchev–Trinajstić information content (AvgIpc) is 3.25. The van der Waals surface area contributed by atoms with Gasteiger partial charge < -0.3 is 39.9 Å². The van der Waals surface area contributed by atoms with Crippen LogP contribution in [0.25, 0.3) is 0 Å². The molecule has 1 fully saturated rings.